The Morgan fingerprint density at radius 1 is 1.35 bits per heavy atom. The van der Waals surface area contributed by atoms with Crippen LogP contribution in [0.15, 0.2) is 36.5 Å². The van der Waals surface area contributed by atoms with Crippen LogP contribution < -0.4 is 5.32 Å². The van der Waals surface area contributed by atoms with Gasteiger partial charge in [-0.05, 0) is 31.2 Å². The van der Waals surface area contributed by atoms with E-state index >= 15 is 0 Å². The SMILES string of the molecule is Cc1ccc(-c2nc(NC(=O)CSCc3ccccn3)n[nH]2)s1. The van der Waals surface area contributed by atoms with Gasteiger partial charge in [-0.2, -0.15) is 4.98 Å². The number of thioether (sulfide) groups is 1. The fourth-order valence-corrected chi connectivity index (χ4v) is 3.43. The van der Waals surface area contributed by atoms with Crippen LogP contribution in [0.2, 0.25) is 0 Å². The lowest BCUT2D eigenvalue weighted by molar-refractivity contribution is -0.113. The van der Waals surface area contributed by atoms with Gasteiger partial charge < -0.3 is 0 Å². The Kier molecular flexibility index (Phi) is 5.04. The monoisotopic (exact) mass is 345 g/mol. The van der Waals surface area contributed by atoms with Crippen LogP contribution in [0.25, 0.3) is 10.7 Å². The lowest BCUT2D eigenvalue weighted by Gasteiger charge is -2.01. The summed E-state index contributed by atoms with van der Waals surface area (Å²) in [5.74, 6) is 1.87. The molecule has 3 aromatic rings. The van der Waals surface area contributed by atoms with E-state index in [9.17, 15) is 4.79 Å². The van der Waals surface area contributed by atoms with Crippen LogP contribution in [0.4, 0.5) is 5.95 Å². The number of nitrogens with zero attached hydrogens (tertiary/aromatic N) is 3. The van der Waals surface area contributed by atoms with Crippen LogP contribution in [0.3, 0.4) is 0 Å². The van der Waals surface area contributed by atoms with Crippen LogP contribution in [0.1, 0.15) is 10.6 Å². The fraction of sp³-hybridized carbons (Fsp3) is 0.200. The Bertz CT molecular complexity index is 784. The highest BCUT2D eigenvalue weighted by Crippen LogP contribution is 2.25. The van der Waals surface area contributed by atoms with Crippen molar-refractivity contribution >= 4 is 35.0 Å². The van der Waals surface area contributed by atoms with Gasteiger partial charge in [0.15, 0.2) is 5.82 Å². The number of carbonyl (C=O) groups excluding carboxylic acids is 1. The normalized spacial score (nSPS) is 10.7. The third kappa shape index (κ3) is 4.40. The lowest BCUT2D eigenvalue weighted by Crippen LogP contribution is -2.15. The summed E-state index contributed by atoms with van der Waals surface area (Å²) in [6.45, 7) is 2.03. The van der Waals surface area contributed by atoms with Crippen molar-refractivity contribution in [3.05, 3.63) is 47.1 Å². The highest BCUT2D eigenvalue weighted by Gasteiger charge is 2.10. The van der Waals surface area contributed by atoms with Crippen molar-refractivity contribution in [3.63, 3.8) is 0 Å². The molecule has 2 N–H and O–H groups in total. The fourth-order valence-electron chi connectivity index (χ4n) is 1.88. The number of aryl methyl sites for hydroxylation is 1. The Morgan fingerprint density at radius 3 is 3.00 bits per heavy atom. The summed E-state index contributed by atoms with van der Waals surface area (Å²) in [5, 5.41) is 9.56. The average molecular weight is 345 g/mol. The van der Waals surface area contributed by atoms with E-state index in [-0.39, 0.29) is 5.91 Å². The molecule has 3 rings (SSSR count). The molecule has 0 aliphatic heterocycles. The van der Waals surface area contributed by atoms with E-state index in [1.165, 1.54) is 16.6 Å². The lowest BCUT2D eigenvalue weighted by atomic mass is 10.4. The summed E-state index contributed by atoms with van der Waals surface area (Å²) in [4.78, 5) is 22.6. The summed E-state index contributed by atoms with van der Waals surface area (Å²) in [7, 11) is 0. The second-order valence-corrected chi connectivity index (χ2v) is 7.05. The van der Waals surface area contributed by atoms with Gasteiger partial charge in [0.1, 0.15) is 0 Å². The first-order chi connectivity index (χ1) is 11.2. The Morgan fingerprint density at radius 2 is 2.26 bits per heavy atom. The molecule has 0 spiro atoms. The van der Waals surface area contributed by atoms with Crippen LogP contribution in [0.5, 0.6) is 0 Å². The van der Waals surface area contributed by atoms with Crippen LogP contribution in [-0.2, 0) is 10.5 Å². The van der Waals surface area contributed by atoms with Crippen molar-refractivity contribution < 1.29 is 4.79 Å². The Hall–Kier alpha value is -2.19. The number of rotatable bonds is 6. The Balaban J connectivity index is 1.49. The molecule has 0 bridgehead atoms. The number of aromatic nitrogens is 4. The highest BCUT2D eigenvalue weighted by molar-refractivity contribution is 7.99. The number of H-pyrrole nitrogens is 1. The number of nitrogens with one attached hydrogen (secondary N) is 2. The number of carbonyl (C=O) groups is 1. The third-order valence-electron chi connectivity index (χ3n) is 2.92. The molecule has 3 heterocycles. The van der Waals surface area contributed by atoms with E-state index in [0.717, 1.165) is 10.6 Å². The molecule has 0 aliphatic carbocycles. The first-order valence-corrected chi connectivity index (χ1v) is 8.94. The second-order valence-electron chi connectivity index (χ2n) is 4.78. The van der Waals surface area contributed by atoms with Gasteiger partial charge in [-0.25, -0.2) is 0 Å². The van der Waals surface area contributed by atoms with Gasteiger partial charge in [0, 0.05) is 16.8 Å². The second kappa shape index (κ2) is 7.38. The first kappa shape index (κ1) is 15.7. The van der Waals surface area contributed by atoms with Crippen molar-refractivity contribution in [1.82, 2.24) is 20.2 Å². The zero-order valence-corrected chi connectivity index (χ0v) is 14.1. The number of amides is 1. The molecule has 23 heavy (non-hydrogen) atoms. The largest absolute Gasteiger partial charge is 0.292 e. The van der Waals surface area contributed by atoms with E-state index in [1.54, 1.807) is 17.5 Å². The van der Waals surface area contributed by atoms with Crippen LogP contribution in [-0.4, -0.2) is 31.8 Å². The zero-order chi connectivity index (χ0) is 16.1. The Labute approximate surface area is 141 Å². The maximum atomic E-state index is 11.9. The van der Waals surface area contributed by atoms with Gasteiger partial charge >= 0.3 is 0 Å². The minimum Gasteiger partial charge on any atom is -0.292 e. The molecule has 1 amide bonds. The van der Waals surface area contributed by atoms with Gasteiger partial charge in [-0.1, -0.05) is 6.07 Å². The minimum absolute atomic E-state index is 0.126. The number of anilines is 1. The van der Waals surface area contributed by atoms with Gasteiger partial charge in [-0.15, -0.1) is 28.2 Å². The number of aromatic amines is 1. The first-order valence-electron chi connectivity index (χ1n) is 6.97. The minimum atomic E-state index is -0.126. The van der Waals surface area contributed by atoms with Gasteiger partial charge in [-0.3, -0.25) is 20.2 Å². The highest BCUT2D eigenvalue weighted by atomic mass is 32.2. The zero-order valence-electron chi connectivity index (χ0n) is 12.4. The molecule has 0 atom stereocenters. The van der Waals surface area contributed by atoms with Gasteiger partial charge in [0.25, 0.3) is 0 Å². The number of hydrogen-bond donors (Lipinski definition) is 2. The third-order valence-corrected chi connectivity index (χ3v) is 4.89. The molecule has 6 nitrogen and oxygen atoms in total. The molecule has 8 heteroatoms. The molecular weight excluding hydrogens is 330 g/mol. The van der Waals surface area contributed by atoms with Crippen molar-refractivity contribution in [1.29, 1.82) is 0 Å². The van der Waals surface area contributed by atoms with E-state index in [1.807, 2.05) is 37.3 Å². The summed E-state index contributed by atoms with van der Waals surface area (Å²) in [5.41, 5.74) is 0.957. The van der Waals surface area contributed by atoms with E-state index in [2.05, 4.69) is 25.5 Å². The van der Waals surface area contributed by atoms with Crippen molar-refractivity contribution in [2.24, 2.45) is 0 Å². The molecule has 0 saturated heterocycles. The van der Waals surface area contributed by atoms with Crippen LogP contribution in [0, 0.1) is 6.92 Å². The maximum Gasteiger partial charge on any atom is 0.249 e. The van der Waals surface area contributed by atoms with Crippen molar-refractivity contribution in [2.45, 2.75) is 12.7 Å². The number of pyridine rings is 1. The van der Waals surface area contributed by atoms with Crippen LogP contribution >= 0.6 is 23.1 Å². The molecular formula is C15H15N5OS2. The summed E-state index contributed by atoms with van der Waals surface area (Å²) in [6.07, 6.45) is 1.75. The predicted molar refractivity (Wildman–Crippen MR) is 93.5 cm³/mol. The molecule has 0 saturated carbocycles. The number of hydrogen-bond acceptors (Lipinski definition) is 6. The molecule has 0 fully saturated rings. The molecule has 0 unspecified atom stereocenters. The summed E-state index contributed by atoms with van der Waals surface area (Å²) < 4.78 is 0. The molecule has 0 aromatic carbocycles. The van der Waals surface area contributed by atoms with Gasteiger partial charge in [0.2, 0.25) is 11.9 Å². The molecule has 118 valence electrons. The maximum absolute atomic E-state index is 11.9. The van der Waals surface area contributed by atoms with Gasteiger partial charge in [0.05, 0.1) is 16.3 Å². The molecule has 0 aliphatic rings. The predicted octanol–water partition coefficient (Wildman–Crippen LogP) is 3.11. The van der Waals surface area contributed by atoms with Crippen molar-refractivity contribution in [3.8, 4) is 10.7 Å². The molecule has 0 radical (unpaired) electrons. The number of thiophene rings is 1. The standard InChI is InChI=1S/C15H15N5OS2/c1-10-5-6-12(23-10)14-18-15(20-19-14)17-13(21)9-22-8-11-4-2-3-7-16-11/h2-7H,8-9H2,1H3,(H2,17,18,19,20,21). The van der Waals surface area contributed by atoms with E-state index in [0.29, 0.717) is 23.3 Å². The van der Waals surface area contributed by atoms with E-state index < -0.39 is 0 Å². The summed E-state index contributed by atoms with van der Waals surface area (Å²) >= 11 is 3.13. The summed E-state index contributed by atoms with van der Waals surface area (Å²) in [6, 6.07) is 9.75. The topological polar surface area (TPSA) is 83.6 Å². The molecule has 3 aromatic heterocycles. The average Bonchev–Trinajstić information content (AvgIpc) is 3.17. The quantitative estimate of drug-likeness (QED) is 0.717. The van der Waals surface area contributed by atoms with E-state index in [4.69, 9.17) is 0 Å². The van der Waals surface area contributed by atoms with Crippen molar-refractivity contribution in [2.75, 3.05) is 11.1 Å². The smallest absolute Gasteiger partial charge is 0.249 e.